The summed E-state index contributed by atoms with van der Waals surface area (Å²) in [7, 11) is -3.87. The highest BCUT2D eigenvalue weighted by Gasteiger charge is 2.54. The van der Waals surface area contributed by atoms with E-state index in [9.17, 15) is 31.8 Å². The predicted octanol–water partition coefficient (Wildman–Crippen LogP) is 4.35. The van der Waals surface area contributed by atoms with Crippen molar-refractivity contribution >= 4 is 44.4 Å². The van der Waals surface area contributed by atoms with Crippen molar-refractivity contribution < 1.29 is 31.8 Å². The Morgan fingerprint density at radius 3 is 2.58 bits per heavy atom. The maximum absolute atomic E-state index is 14.1. The number of hydrogen-bond donors (Lipinski definition) is 3. The second-order valence-electron chi connectivity index (χ2n) is 12.2. The molecule has 2 unspecified atom stereocenters. The molecular formula is C29H30ClF3N6O4S2. The summed E-state index contributed by atoms with van der Waals surface area (Å²) in [6.07, 6.45) is 4.70. The smallest absolute Gasteiger partial charge is 0.333 e. The van der Waals surface area contributed by atoms with Crippen LogP contribution in [0.3, 0.4) is 0 Å². The monoisotopic (exact) mass is 682 g/mol. The van der Waals surface area contributed by atoms with E-state index in [0.29, 0.717) is 45.2 Å². The van der Waals surface area contributed by atoms with Crippen LogP contribution in [-0.2, 0) is 10.0 Å². The van der Waals surface area contributed by atoms with Gasteiger partial charge in [0.1, 0.15) is 11.9 Å². The Balaban J connectivity index is 1.29. The van der Waals surface area contributed by atoms with Gasteiger partial charge in [-0.3, -0.25) is 4.99 Å². The van der Waals surface area contributed by atoms with Crippen molar-refractivity contribution in [1.82, 2.24) is 24.4 Å². The Labute approximate surface area is 266 Å². The fourth-order valence-corrected chi connectivity index (χ4v) is 10.8. The van der Waals surface area contributed by atoms with Gasteiger partial charge < -0.3 is 15.1 Å². The van der Waals surface area contributed by atoms with Gasteiger partial charge in [0.15, 0.2) is 10.8 Å². The first-order chi connectivity index (χ1) is 21.5. The molecule has 240 valence electrons. The maximum atomic E-state index is 14.1. The Bertz CT molecular complexity index is 1770. The van der Waals surface area contributed by atoms with Gasteiger partial charge in [-0.2, -0.15) is 13.9 Å². The summed E-state index contributed by atoms with van der Waals surface area (Å²) in [6, 6.07) is 3.86. The van der Waals surface area contributed by atoms with E-state index in [1.807, 2.05) is 4.90 Å². The molecule has 3 fully saturated rings. The molecule has 4 atom stereocenters. The number of aromatic nitrogens is 3. The summed E-state index contributed by atoms with van der Waals surface area (Å²) in [5.74, 6) is -0.665. The van der Waals surface area contributed by atoms with Crippen LogP contribution in [-0.4, -0.2) is 74.2 Å². The van der Waals surface area contributed by atoms with Crippen LogP contribution in [0.1, 0.15) is 61.0 Å². The molecule has 45 heavy (non-hydrogen) atoms. The predicted molar refractivity (Wildman–Crippen MR) is 162 cm³/mol. The van der Waals surface area contributed by atoms with Crippen molar-refractivity contribution in [3.05, 3.63) is 74.8 Å². The molecule has 3 aromatic rings. The van der Waals surface area contributed by atoms with E-state index in [-0.39, 0.29) is 48.4 Å². The van der Waals surface area contributed by atoms with Gasteiger partial charge in [0.2, 0.25) is 10.0 Å². The van der Waals surface area contributed by atoms with Crippen molar-refractivity contribution in [3.8, 4) is 0 Å². The normalized spacial score (nSPS) is 29.9. The molecule has 10 nitrogen and oxygen atoms in total. The number of nitrogens with one attached hydrogen (secondary N) is 1. The van der Waals surface area contributed by atoms with Gasteiger partial charge in [0.05, 0.1) is 23.2 Å². The molecule has 0 amide bonds. The van der Waals surface area contributed by atoms with Crippen LogP contribution in [0.5, 0.6) is 0 Å². The molecule has 7 rings (SSSR count). The zero-order chi connectivity index (χ0) is 31.7. The van der Waals surface area contributed by atoms with E-state index in [2.05, 4.69) is 14.8 Å². The standard InChI is InChI=1S/C29H30ClF3N6O4S2/c30-20-9-17(31)3-4-19(20)24-23(21-5-7-39(36-21)28(32)33)22-10-18(13-38(22)26(35-24)27-34-6-8-44-27)37-45(42,43)25-15-1-2-16(25)12-29(41,11-15)14-40/h3-9,15-16,18,24-25,28,37,40-41H,1-2,10-14H2/t15?,16?,18-,24-,25-,29+/m0/s1. The van der Waals surface area contributed by atoms with Gasteiger partial charge in [-0.05, 0) is 55.7 Å². The molecule has 2 aromatic heterocycles. The Morgan fingerprint density at radius 2 is 1.96 bits per heavy atom. The third kappa shape index (κ3) is 5.50. The van der Waals surface area contributed by atoms with E-state index in [1.165, 1.54) is 29.5 Å². The molecule has 16 heteroatoms. The van der Waals surface area contributed by atoms with Gasteiger partial charge in [0, 0.05) is 58.6 Å². The second kappa shape index (κ2) is 11.5. The third-order valence-corrected chi connectivity index (χ3v) is 12.6. The molecule has 2 aliphatic heterocycles. The van der Waals surface area contributed by atoms with Crippen LogP contribution in [0.25, 0.3) is 5.57 Å². The molecule has 2 aliphatic carbocycles. The Hall–Kier alpha value is -2.82. The zero-order valence-electron chi connectivity index (χ0n) is 23.7. The number of fused-ring (bicyclic) bond motifs is 3. The molecule has 0 radical (unpaired) electrons. The van der Waals surface area contributed by atoms with Crippen molar-refractivity contribution in [3.63, 3.8) is 0 Å². The van der Waals surface area contributed by atoms with Gasteiger partial charge in [0.25, 0.3) is 0 Å². The highest BCUT2D eigenvalue weighted by atomic mass is 35.5. The van der Waals surface area contributed by atoms with Crippen molar-refractivity contribution in [2.24, 2.45) is 16.8 Å². The van der Waals surface area contributed by atoms with Gasteiger partial charge in [-0.25, -0.2) is 27.2 Å². The minimum absolute atomic E-state index is 0.0907. The molecule has 2 saturated carbocycles. The number of rotatable bonds is 8. The fourth-order valence-electron chi connectivity index (χ4n) is 7.62. The molecule has 1 saturated heterocycles. The van der Waals surface area contributed by atoms with Crippen molar-refractivity contribution in [2.45, 2.75) is 61.6 Å². The number of aliphatic hydroxyl groups is 2. The Kier molecular flexibility index (Phi) is 7.84. The largest absolute Gasteiger partial charge is 0.393 e. The summed E-state index contributed by atoms with van der Waals surface area (Å²) in [5, 5.41) is 26.3. The Morgan fingerprint density at radius 1 is 1.20 bits per heavy atom. The number of thiazole rings is 1. The minimum atomic E-state index is -3.87. The van der Waals surface area contributed by atoms with Crippen LogP contribution in [0, 0.1) is 17.7 Å². The zero-order valence-corrected chi connectivity index (χ0v) is 26.1. The highest BCUT2D eigenvalue weighted by Crippen LogP contribution is 2.50. The van der Waals surface area contributed by atoms with Crippen molar-refractivity contribution in [2.75, 3.05) is 13.2 Å². The quantitative estimate of drug-likeness (QED) is 0.322. The average Bonchev–Trinajstić information content (AvgIpc) is 3.79. The van der Waals surface area contributed by atoms with E-state index < -0.39 is 51.9 Å². The number of nitrogens with zero attached hydrogens (tertiary/aromatic N) is 5. The summed E-state index contributed by atoms with van der Waals surface area (Å²) >= 11 is 7.86. The maximum Gasteiger partial charge on any atom is 0.333 e. The lowest BCUT2D eigenvalue weighted by molar-refractivity contribution is -0.0597. The van der Waals surface area contributed by atoms with Gasteiger partial charge >= 0.3 is 6.55 Å². The topological polar surface area (TPSA) is 133 Å². The number of aliphatic hydroxyl groups excluding tert-OH is 1. The second-order valence-corrected chi connectivity index (χ2v) is 15.4. The first-order valence-electron chi connectivity index (χ1n) is 14.6. The lowest BCUT2D eigenvalue weighted by Gasteiger charge is -2.40. The van der Waals surface area contributed by atoms with Crippen LogP contribution >= 0.6 is 22.9 Å². The fraction of sp³-hybridized carbons (Fsp3) is 0.483. The van der Waals surface area contributed by atoms with E-state index in [0.717, 1.165) is 12.3 Å². The van der Waals surface area contributed by atoms with E-state index in [1.54, 1.807) is 11.6 Å². The summed E-state index contributed by atoms with van der Waals surface area (Å²) in [4.78, 5) is 11.3. The van der Waals surface area contributed by atoms with Crippen LogP contribution in [0.2, 0.25) is 5.02 Å². The number of hydrogen-bond acceptors (Lipinski definition) is 9. The number of sulfonamides is 1. The number of halogens is 4. The molecule has 2 bridgehead atoms. The molecular weight excluding hydrogens is 653 g/mol. The van der Waals surface area contributed by atoms with Crippen LogP contribution in [0.4, 0.5) is 13.2 Å². The molecule has 1 aromatic carbocycles. The minimum Gasteiger partial charge on any atom is -0.393 e. The lowest BCUT2D eigenvalue weighted by Crippen LogP contribution is -2.52. The summed E-state index contributed by atoms with van der Waals surface area (Å²) < 4.78 is 72.6. The molecule has 3 N–H and O–H groups in total. The molecule has 0 spiro atoms. The summed E-state index contributed by atoms with van der Waals surface area (Å²) in [6.45, 7) is -3.10. The SMILES string of the molecule is O=S(=O)(N[C@H]1CC2=C(c3ccn(C(F)F)n3)[C@H](c3ccc(F)cc3Cl)N=C(c3nccs3)N2C1)[C@H]1C2CCC1C[C@@](O)(CO)C2. The van der Waals surface area contributed by atoms with E-state index in [4.69, 9.17) is 16.6 Å². The molecule has 4 heterocycles. The van der Waals surface area contributed by atoms with Gasteiger partial charge in [-0.15, -0.1) is 11.3 Å². The van der Waals surface area contributed by atoms with Crippen LogP contribution < -0.4 is 4.72 Å². The highest BCUT2D eigenvalue weighted by molar-refractivity contribution is 7.90. The first kappa shape index (κ1) is 30.8. The van der Waals surface area contributed by atoms with Gasteiger partial charge in [-0.1, -0.05) is 17.7 Å². The third-order valence-electron chi connectivity index (χ3n) is 9.33. The number of aliphatic imine (C=N–C) groups is 1. The van der Waals surface area contributed by atoms with Crippen LogP contribution in [0.15, 0.2) is 52.7 Å². The first-order valence-corrected chi connectivity index (χ1v) is 17.4. The van der Waals surface area contributed by atoms with Crippen molar-refractivity contribution in [1.29, 1.82) is 0 Å². The number of benzene rings is 1. The number of alkyl halides is 2. The lowest BCUT2D eigenvalue weighted by atomic mass is 9.77. The molecule has 4 aliphatic rings. The summed E-state index contributed by atoms with van der Waals surface area (Å²) in [5.41, 5.74) is 0.438. The number of amidine groups is 1. The average molecular weight is 683 g/mol. The van der Waals surface area contributed by atoms with E-state index >= 15 is 0 Å².